The van der Waals surface area contributed by atoms with Crippen LogP contribution in [0.3, 0.4) is 0 Å². The number of carbonyl (C=O) groups is 1. The standard InChI is InChI=1S/C7H6O4/c1-2-6(8)11-5-3-4-10-7(5)9/h2-4,9H,1H2. The van der Waals surface area contributed by atoms with E-state index in [0.717, 1.165) is 6.08 Å². The molecule has 0 radical (unpaired) electrons. The average Bonchev–Trinajstić information content (AvgIpc) is 2.37. The highest BCUT2D eigenvalue weighted by molar-refractivity contribution is 5.83. The van der Waals surface area contributed by atoms with Gasteiger partial charge < -0.3 is 14.3 Å². The van der Waals surface area contributed by atoms with Crippen LogP contribution in [0.2, 0.25) is 0 Å². The Morgan fingerprint density at radius 3 is 3.00 bits per heavy atom. The molecule has 1 heterocycles. The third-order valence-electron chi connectivity index (χ3n) is 0.987. The minimum Gasteiger partial charge on any atom is -0.478 e. The van der Waals surface area contributed by atoms with Crippen LogP contribution >= 0.6 is 0 Å². The van der Waals surface area contributed by atoms with Crippen LogP contribution in [-0.2, 0) is 4.79 Å². The first kappa shape index (κ1) is 7.40. The predicted molar refractivity (Wildman–Crippen MR) is 36.2 cm³/mol. The van der Waals surface area contributed by atoms with Crippen LogP contribution in [0.5, 0.6) is 11.7 Å². The zero-order valence-corrected chi connectivity index (χ0v) is 5.61. The molecule has 0 amide bonds. The quantitative estimate of drug-likeness (QED) is 0.511. The Labute approximate surface area is 62.7 Å². The van der Waals surface area contributed by atoms with Crippen molar-refractivity contribution in [3.05, 3.63) is 25.0 Å². The van der Waals surface area contributed by atoms with Gasteiger partial charge in [-0.1, -0.05) is 6.58 Å². The second kappa shape index (κ2) is 2.92. The van der Waals surface area contributed by atoms with E-state index in [-0.39, 0.29) is 5.75 Å². The van der Waals surface area contributed by atoms with Crippen molar-refractivity contribution >= 4 is 5.97 Å². The molecule has 4 nitrogen and oxygen atoms in total. The Kier molecular flexibility index (Phi) is 1.96. The second-order valence-electron chi connectivity index (χ2n) is 1.72. The smallest absolute Gasteiger partial charge is 0.335 e. The van der Waals surface area contributed by atoms with Gasteiger partial charge in [0.1, 0.15) is 0 Å². The minimum absolute atomic E-state index is 0.00472. The van der Waals surface area contributed by atoms with Gasteiger partial charge in [0.05, 0.1) is 6.26 Å². The lowest BCUT2D eigenvalue weighted by atomic mass is 10.5. The highest BCUT2D eigenvalue weighted by Gasteiger charge is 2.07. The summed E-state index contributed by atoms with van der Waals surface area (Å²) in [4.78, 5) is 10.5. The number of ether oxygens (including phenoxy) is 1. The van der Waals surface area contributed by atoms with Crippen LogP contribution in [0.1, 0.15) is 0 Å². The number of furan rings is 1. The van der Waals surface area contributed by atoms with Gasteiger partial charge in [-0.05, 0) is 0 Å². The van der Waals surface area contributed by atoms with Gasteiger partial charge in [-0.3, -0.25) is 0 Å². The Morgan fingerprint density at radius 2 is 2.55 bits per heavy atom. The third-order valence-corrected chi connectivity index (χ3v) is 0.987. The van der Waals surface area contributed by atoms with Gasteiger partial charge in [-0.15, -0.1) is 0 Å². The van der Waals surface area contributed by atoms with E-state index < -0.39 is 11.9 Å². The van der Waals surface area contributed by atoms with Crippen molar-refractivity contribution in [3.63, 3.8) is 0 Å². The molecule has 0 spiro atoms. The normalized spacial score (nSPS) is 9.09. The maximum absolute atomic E-state index is 10.5. The molecule has 0 unspecified atom stereocenters. The van der Waals surface area contributed by atoms with Gasteiger partial charge in [0.2, 0.25) is 5.75 Å². The number of hydrogen-bond acceptors (Lipinski definition) is 4. The summed E-state index contributed by atoms with van der Waals surface area (Å²) in [6.45, 7) is 3.18. The van der Waals surface area contributed by atoms with E-state index in [0.29, 0.717) is 0 Å². The van der Waals surface area contributed by atoms with Crippen LogP contribution in [0, 0.1) is 0 Å². The van der Waals surface area contributed by atoms with Crippen molar-refractivity contribution in [3.8, 4) is 11.7 Å². The summed E-state index contributed by atoms with van der Waals surface area (Å²) < 4.78 is 8.99. The van der Waals surface area contributed by atoms with E-state index in [1.165, 1.54) is 12.3 Å². The Hall–Kier alpha value is -1.71. The lowest BCUT2D eigenvalue weighted by Crippen LogP contribution is -2.01. The number of hydrogen-bond donors (Lipinski definition) is 1. The molecule has 0 aliphatic carbocycles. The van der Waals surface area contributed by atoms with Crippen molar-refractivity contribution in [1.29, 1.82) is 0 Å². The van der Waals surface area contributed by atoms with E-state index in [1.807, 2.05) is 0 Å². The molecule has 1 aromatic heterocycles. The summed E-state index contributed by atoms with van der Waals surface area (Å²) in [7, 11) is 0. The highest BCUT2D eigenvalue weighted by atomic mass is 16.6. The summed E-state index contributed by atoms with van der Waals surface area (Å²) in [5.41, 5.74) is 0. The fraction of sp³-hybridized carbons (Fsp3) is 0. The number of rotatable bonds is 2. The summed E-state index contributed by atoms with van der Waals surface area (Å²) in [5.74, 6) is -1.06. The fourth-order valence-electron chi connectivity index (χ4n) is 0.517. The molecule has 1 N–H and O–H groups in total. The molecule has 11 heavy (non-hydrogen) atoms. The zero-order chi connectivity index (χ0) is 8.27. The van der Waals surface area contributed by atoms with Gasteiger partial charge in [-0.25, -0.2) is 4.79 Å². The topological polar surface area (TPSA) is 59.7 Å². The van der Waals surface area contributed by atoms with Crippen molar-refractivity contribution in [2.24, 2.45) is 0 Å². The first-order valence-electron chi connectivity index (χ1n) is 2.84. The number of esters is 1. The molecule has 0 aliphatic rings. The number of carbonyl (C=O) groups excluding carboxylic acids is 1. The zero-order valence-electron chi connectivity index (χ0n) is 5.61. The molecular formula is C7H6O4. The second-order valence-corrected chi connectivity index (χ2v) is 1.72. The van der Waals surface area contributed by atoms with Crippen LogP contribution in [0.15, 0.2) is 29.4 Å². The Morgan fingerprint density at radius 1 is 1.82 bits per heavy atom. The third kappa shape index (κ3) is 1.61. The van der Waals surface area contributed by atoms with Gasteiger partial charge in [0, 0.05) is 12.1 Å². The van der Waals surface area contributed by atoms with E-state index in [4.69, 9.17) is 5.11 Å². The summed E-state index contributed by atoms with van der Waals surface area (Å²) in [5, 5.41) is 8.82. The Bertz CT molecular complexity index is 274. The van der Waals surface area contributed by atoms with Crippen molar-refractivity contribution in [2.75, 3.05) is 0 Å². The molecule has 0 atom stereocenters. The minimum atomic E-state index is -0.637. The molecule has 4 heteroatoms. The van der Waals surface area contributed by atoms with E-state index in [2.05, 4.69) is 15.7 Å². The van der Waals surface area contributed by atoms with Gasteiger partial charge in [0.25, 0.3) is 0 Å². The van der Waals surface area contributed by atoms with E-state index in [9.17, 15) is 4.79 Å². The summed E-state index contributed by atoms with van der Waals surface area (Å²) in [6, 6.07) is 1.33. The van der Waals surface area contributed by atoms with Gasteiger partial charge in [-0.2, -0.15) is 0 Å². The molecule has 0 bridgehead atoms. The molecule has 1 rings (SSSR count). The van der Waals surface area contributed by atoms with Crippen molar-refractivity contribution in [2.45, 2.75) is 0 Å². The van der Waals surface area contributed by atoms with Crippen molar-refractivity contribution in [1.82, 2.24) is 0 Å². The van der Waals surface area contributed by atoms with Gasteiger partial charge >= 0.3 is 11.9 Å². The van der Waals surface area contributed by atoms with Crippen LogP contribution in [-0.4, -0.2) is 11.1 Å². The fourth-order valence-corrected chi connectivity index (χ4v) is 0.517. The average molecular weight is 154 g/mol. The largest absolute Gasteiger partial charge is 0.478 e. The molecule has 0 saturated carbocycles. The summed E-state index contributed by atoms with van der Waals surface area (Å²) >= 11 is 0. The maximum atomic E-state index is 10.5. The molecule has 0 saturated heterocycles. The molecule has 1 aromatic rings. The SMILES string of the molecule is C=CC(=O)Oc1ccoc1O. The number of aromatic hydroxyl groups is 1. The Balaban J connectivity index is 2.71. The lowest BCUT2D eigenvalue weighted by Gasteiger charge is -1.94. The molecule has 0 aromatic carbocycles. The summed E-state index contributed by atoms with van der Waals surface area (Å²) in [6.07, 6.45) is 2.20. The van der Waals surface area contributed by atoms with Crippen LogP contribution in [0.25, 0.3) is 0 Å². The predicted octanol–water partition coefficient (Wildman–Crippen LogP) is 1.08. The van der Waals surface area contributed by atoms with Gasteiger partial charge in [0.15, 0.2) is 0 Å². The monoisotopic (exact) mass is 154 g/mol. The first-order valence-corrected chi connectivity index (χ1v) is 2.84. The molecule has 58 valence electrons. The van der Waals surface area contributed by atoms with Crippen molar-refractivity contribution < 1.29 is 19.1 Å². The molecular weight excluding hydrogens is 148 g/mol. The maximum Gasteiger partial charge on any atom is 0.335 e. The van der Waals surface area contributed by atoms with E-state index >= 15 is 0 Å². The molecule has 0 aliphatic heterocycles. The van der Waals surface area contributed by atoms with Crippen LogP contribution in [0.4, 0.5) is 0 Å². The van der Waals surface area contributed by atoms with Crippen LogP contribution < -0.4 is 4.74 Å². The molecule has 0 fully saturated rings. The van der Waals surface area contributed by atoms with E-state index in [1.54, 1.807) is 0 Å². The first-order chi connectivity index (χ1) is 5.24. The highest BCUT2D eigenvalue weighted by Crippen LogP contribution is 2.26. The lowest BCUT2D eigenvalue weighted by molar-refractivity contribution is -0.129.